The van der Waals surface area contributed by atoms with Crippen molar-refractivity contribution >= 4 is 23.4 Å². The van der Waals surface area contributed by atoms with Crippen LogP contribution in [0, 0.1) is 20.8 Å². The predicted octanol–water partition coefficient (Wildman–Crippen LogP) is 5.28. The van der Waals surface area contributed by atoms with Crippen molar-refractivity contribution in [3.8, 4) is 0 Å². The lowest BCUT2D eigenvalue weighted by molar-refractivity contribution is -0.345. The highest BCUT2D eigenvalue weighted by Crippen LogP contribution is 2.43. The zero-order chi connectivity index (χ0) is 21.2. The van der Waals surface area contributed by atoms with Crippen molar-refractivity contribution in [1.82, 2.24) is 4.48 Å². The number of allylic oxidation sites excluding steroid dienone is 2. The van der Waals surface area contributed by atoms with Gasteiger partial charge in [0.25, 0.3) is 0 Å². The van der Waals surface area contributed by atoms with Crippen LogP contribution in [0.1, 0.15) is 41.9 Å². The van der Waals surface area contributed by atoms with Crippen molar-refractivity contribution in [2.45, 2.75) is 34.6 Å². The molecule has 0 saturated carbocycles. The fourth-order valence-electron chi connectivity index (χ4n) is 5.37. The second kappa shape index (κ2) is 6.43. The molecule has 0 bridgehead atoms. The first-order valence-electron chi connectivity index (χ1n) is 10.6. The highest BCUT2D eigenvalue weighted by Gasteiger charge is 2.54. The molecular formula is C26H26BFN2. The van der Waals surface area contributed by atoms with Crippen LogP contribution >= 0.6 is 0 Å². The summed E-state index contributed by atoms with van der Waals surface area (Å²) in [5.74, 6) is 0. The fraction of sp³-hybridized carbons (Fsp3) is 0.192. The van der Waals surface area contributed by atoms with Gasteiger partial charge in [0.2, 0.25) is 0 Å². The van der Waals surface area contributed by atoms with E-state index in [9.17, 15) is 0 Å². The maximum atomic E-state index is 17.6. The van der Waals surface area contributed by atoms with Crippen LogP contribution in [0.25, 0.3) is 5.57 Å². The van der Waals surface area contributed by atoms with Crippen LogP contribution in [-0.2, 0) is 0 Å². The lowest BCUT2D eigenvalue weighted by Gasteiger charge is -2.40. The Morgan fingerprint density at radius 1 is 0.867 bits per heavy atom. The van der Waals surface area contributed by atoms with Gasteiger partial charge in [0, 0.05) is 24.3 Å². The standard InChI is InChI=1S/C26H26BFN2/c1-17-11-13-22(14-12-17)24-25-18(2)15-20(4)29(25)27(28,23-9-7-6-8-10-23)30-21(5)16-19(3)26(24)30/h6-16H,1-5H3. The fourth-order valence-corrected chi connectivity index (χ4v) is 5.37. The summed E-state index contributed by atoms with van der Waals surface area (Å²) in [6.45, 7) is 7.60. The summed E-state index contributed by atoms with van der Waals surface area (Å²) in [6.07, 6.45) is 2.11. The minimum atomic E-state index is -2.70. The van der Waals surface area contributed by atoms with Gasteiger partial charge in [0.05, 0.1) is 5.57 Å². The maximum absolute atomic E-state index is 17.6. The summed E-state index contributed by atoms with van der Waals surface area (Å²) in [7, 11) is 0. The molecule has 1 atom stereocenters. The summed E-state index contributed by atoms with van der Waals surface area (Å²) < 4.78 is 21.5. The lowest BCUT2D eigenvalue weighted by Crippen LogP contribution is -2.63. The van der Waals surface area contributed by atoms with E-state index in [1.54, 1.807) is 0 Å². The van der Waals surface area contributed by atoms with Gasteiger partial charge >= 0.3 is 6.69 Å². The summed E-state index contributed by atoms with van der Waals surface area (Å²) >= 11 is 0. The minimum Gasteiger partial charge on any atom is -0.423 e. The van der Waals surface area contributed by atoms with Crippen molar-refractivity contribution < 1.29 is 8.80 Å². The van der Waals surface area contributed by atoms with Gasteiger partial charge in [-0.25, -0.2) is 0 Å². The molecule has 3 aromatic rings. The lowest BCUT2D eigenvalue weighted by atomic mass is 9.58. The first kappa shape index (κ1) is 18.9. The van der Waals surface area contributed by atoms with Crippen LogP contribution < -0.4 is 5.46 Å². The molecule has 30 heavy (non-hydrogen) atoms. The number of fused-ring (bicyclic) bond motifs is 2. The highest BCUT2D eigenvalue weighted by molar-refractivity contribution is 6.79. The second-order valence-electron chi connectivity index (χ2n) is 8.70. The Morgan fingerprint density at radius 3 is 2.20 bits per heavy atom. The van der Waals surface area contributed by atoms with E-state index in [-0.39, 0.29) is 0 Å². The molecule has 0 amide bonds. The maximum Gasteiger partial charge on any atom is 0.578 e. The molecule has 0 radical (unpaired) electrons. The van der Waals surface area contributed by atoms with Gasteiger partial charge in [0.1, 0.15) is 5.71 Å². The topological polar surface area (TPSA) is 7.94 Å². The van der Waals surface area contributed by atoms with E-state index in [4.69, 9.17) is 0 Å². The van der Waals surface area contributed by atoms with E-state index in [2.05, 4.69) is 57.2 Å². The molecule has 0 spiro atoms. The molecule has 1 aromatic heterocycles. The summed E-state index contributed by atoms with van der Waals surface area (Å²) in [4.78, 5) is 0. The molecule has 2 aromatic carbocycles. The molecule has 150 valence electrons. The molecule has 1 unspecified atom stereocenters. The Bertz CT molecular complexity index is 1280. The molecule has 2 aliphatic rings. The van der Waals surface area contributed by atoms with Crippen LogP contribution in [-0.4, -0.2) is 21.4 Å². The molecule has 5 rings (SSSR count). The Labute approximate surface area is 177 Å². The number of rotatable bonds is 2. The number of hydrogen-bond donors (Lipinski definition) is 0. The third kappa shape index (κ3) is 2.40. The van der Waals surface area contributed by atoms with Crippen molar-refractivity contribution in [2.75, 3.05) is 0 Å². The van der Waals surface area contributed by atoms with Crippen molar-refractivity contribution in [3.63, 3.8) is 0 Å². The molecule has 0 N–H and O–H groups in total. The third-order valence-electron chi connectivity index (χ3n) is 6.56. The van der Waals surface area contributed by atoms with E-state index in [1.165, 1.54) is 5.56 Å². The average molecular weight is 396 g/mol. The number of hydrogen-bond acceptors (Lipinski definition) is 0. The van der Waals surface area contributed by atoms with Gasteiger partial charge in [-0.3, -0.25) is 0 Å². The number of aryl methyl sites for hydroxylation is 3. The molecule has 0 fully saturated rings. The molecule has 3 heterocycles. The zero-order valence-corrected chi connectivity index (χ0v) is 18.2. The van der Waals surface area contributed by atoms with Gasteiger partial charge < -0.3 is 13.3 Å². The molecule has 0 aliphatic carbocycles. The Morgan fingerprint density at radius 2 is 1.53 bits per heavy atom. The van der Waals surface area contributed by atoms with Gasteiger partial charge in [-0.05, 0) is 50.6 Å². The van der Waals surface area contributed by atoms with Gasteiger partial charge in [-0.2, -0.15) is 0 Å². The molecule has 0 saturated heterocycles. The number of aromatic nitrogens is 1. The smallest absolute Gasteiger partial charge is 0.423 e. The van der Waals surface area contributed by atoms with E-state index in [0.29, 0.717) is 5.46 Å². The first-order chi connectivity index (χ1) is 14.3. The van der Waals surface area contributed by atoms with Gasteiger partial charge in [-0.1, -0.05) is 65.6 Å². The first-order valence-corrected chi connectivity index (χ1v) is 10.6. The monoisotopic (exact) mass is 396 g/mol. The number of halogens is 1. The van der Waals surface area contributed by atoms with Crippen LogP contribution in [0.3, 0.4) is 0 Å². The second-order valence-corrected chi connectivity index (χ2v) is 8.70. The molecule has 2 aliphatic heterocycles. The SMILES string of the molecule is CC1=CC(C)=[N+]2C1=C(c1ccc(C)cc1)c1c(C)cc(C)n1[B-]2(F)c1ccccc1. The summed E-state index contributed by atoms with van der Waals surface area (Å²) in [5, 5.41) is 0. The van der Waals surface area contributed by atoms with Gasteiger partial charge in [0.15, 0.2) is 5.70 Å². The number of benzene rings is 2. The quantitative estimate of drug-likeness (QED) is 0.521. The Hall–Kier alpha value is -3.14. The minimum absolute atomic E-state index is 0.695. The van der Waals surface area contributed by atoms with Crippen molar-refractivity contribution in [2.24, 2.45) is 0 Å². The number of nitrogens with zero attached hydrogens (tertiary/aromatic N) is 2. The summed E-state index contributed by atoms with van der Waals surface area (Å²) in [5.41, 5.74) is 10.2. The zero-order valence-electron chi connectivity index (χ0n) is 18.2. The van der Waals surface area contributed by atoms with Crippen LogP contribution in [0.5, 0.6) is 0 Å². The normalized spacial score (nSPS) is 20.4. The van der Waals surface area contributed by atoms with E-state index < -0.39 is 6.69 Å². The Balaban J connectivity index is 1.95. The van der Waals surface area contributed by atoms with E-state index in [0.717, 1.165) is 45.1 Å². The largest absolute Gasteiger partial charge is 0.578 e. The molecule has 2 nitrogen and oxygen atoms in total. The van der Waals surface area contributed by atoms with Crippen molar-refractivity contribution in [1.29, 1.82) is 0 Å². The van der Waals surface area contributed by atoms with Crippen LogP contribution in [0.4, 0.5) is 4.32 Å². The summed E-state index contributed by atoms with van der Waals surface area (Å²) in [6, 6.07) is 20.3. The predicted molar refractivity (Wildman–Crippen MR) is 124 cm³/mol. The van der Waals surface area contributed by atoms with Crippen molar-refractivity contribution in [3.05, 3.63) is 106 Å². The van der Waals surface area contributed by atoms with Crippen LogP contribution in [0.2, 0.25) is 0 Å². The van der Waals surface area contributed by atoms with E-state index >= 15 is 4.32 Å². The highest BCUT2D eigenvalue weighted by atomic mass is 19.1. The molecule has 4 heteroatoms. The third-order valence-corrected chi connectivity index (χ3v) is 6.56. The van der Waals surface area contributed by atoms with Gasteiger partial charge in [-0.15, -0.1) is 0 Å². The molecular weight excluding hydrogens is 370 g/mol. The Kier molecular flexibility index (Phi) is 4.04. The van der Waals surface area contributed by atoms with Crippen LogP contribution in [0.15, 0.2) is 78.0 Å². The average Bonchev–Trinajstić information content (AvgIpc) is 3.20. The van der Waals surface area contributed by atoms with E-state index in [1.807, 2.05) is 53.1 Å².